The van der Waals surface area contributed by atoms with Crippen LogP contribution in [0.2, 0.25) is 0 Å². The van der Waals surface area contributed by atoms with Crippen molar-refractivity contribution in [2.45, 2.75) is 19.4 Å². The molecule has 3 aromatic rings. The van der Waals surface area contributed by atoms with Crippen molar-refractivity contribution < 1.29 is 4.42 Å². The molecular formula is C19H16N2O2. The van der Waals surface area contributed by atoms with Gasteiger partial charge in [0.15, 0.2) is 5.43 Å². The standard InChI is InChI=1S/C19H16N2O2/c1-12-6-8-13(9-7-12)16-10-17(21-20-16)15-11-23-18-5-3-2-4-14(18)19(15)22/h2-9,11,17,21H,10H2,1H3. The van der Waals surface area contributed by atoms with Gasteiger partial charge in [0.05, 0.1) is 22.7 Å². The van der Waals surface area contributed by atoms with E-state index in [1.807, 2.05) is 12.1 Å². The van der Waals surface area contributed by atoms with Crippen molar-refractivity contribution >= 4 is 16.7 Å². The van der Waals surface area contributed by atoms with Crippen LogP contribution in [-0.2, 0) is 0 Å². The molecule has 1 aliphatic rings. The summed E-state index contributed by atoms with van der Waals surface area (Å²) in [5, 5.41) is 5.01. The number of hydrazone groups is 1. The minimum atomic E-state index is -0.146. The molecule has 0 radical (unpaired) electrons. The molecule has 114 valence electrons. The lowest BCUT2D eigenvalue weighted by molar-refractivity contribution is 0.552. The highest BCUT2D eigenvalue weighted by atomic mass is 16.3. The average Bonchev–Trinajstić information content (AvgIpc) is 3.06. The third kappa shape index (κ3) is 2.42. The van der Waals surface area contributed by atoms with Crippen LogP contribution in [0.4, 0.5) is 0 Å². The molecule has 4 heteroatoms. The Morgan fingerprint density at radius 2 is 1.91 bits per heavy atom. The predicted molar refractivity (Wildman–Crippen MR) is 90.7 cm³/mol. The molecular weight excluding hydrogens is 288 g/mol. The summed E-state index contributed by atoms with van der Waals surface area (Å²) in [5.41, 5.74) is 7.56. The number of para-hydroxylation sites is 1. The van der Waals surface area contributed by atoms with Crippen molar-refractivity contribution in [1.29, 1.82) is 0 Å². The molecule has 1 atom stereocenters. The van der Waals surface area contributed by atoms with Gasteiger partial charge in [-0.3, -0.25) is 4.79 Å². The number of fused-ring (bicyclic) bond motifs is 1. The highest BCUT2D eigenvalue weighted by molar-refractivity contribution is 6.01. The SMILES string of the molecule is Cc1ccc(C2=NNC(c3coc4ccccc4c3=O)C2)cc1. The Kier molecular flexibility index (Phi) is 3.23. The topological polar surface area (TPSA) is 54.6 Å². The Hall–Kier alpha value is -2.88. The molecule has 1 aromatic heterocycles. The maximum Gasteiger partial charge on any atom is 0.198 e. The van der Waals surface area contributed by atoms with Crippen molar-refractivity contribution in [1.82, 2.24) is 5.43 Å². The third-order valence-electron chi connectivity index (χ3n) is 4.22. The van der Waals surface area contributed by atoms with Gasteiger partial charge >= 0.3 is 0 Å². The van der Waals surface area contributed by atoms with E-state index in [-0.39, 0.29) is 11.5 Å². The summed E-state index contributed by atoms with van der Waals surface area (Å²) in [7, 11) is 0. The van der Waals surface area contributed by atoms with Gasteiger partial charge in [-0.25, -0.2) is 0 Å². The first-order chi connectivity index (χ1) is 11.2. The summed E-state index contributed by atoms with van der Waals surface area (Å²) >= 11 is 0. The van der Waals surface area contributed by atoms with Crippen molar-refractivity contribution in [2.24, 2.45) is 5.10 Å². The van der Waals surface area contributed by atoms with Crippen LogP contribution in [0, 0.1) is 6.92 Å². The fraction of sp³-hybridized carbons (Fsp3) is 0.158. The monoisotopic (exact) mass is 304 g/mol. The molecule has 4 rings (SSSR count). The van der Waals surface area contributed by atoms with Crippen molar-refractivity contribution in [3.63, 3.8) is 0 Å². The van der Waals surface area contributed by atoms with Crippen LogP contribution in [0.1, 0.15) is 29.2 Å². The van der Waals surface area contributed by atoms with Crippen LogP contribution in [0.25, 0.3) is 11.0 Å². The van der Waals surface area contributed by atoms with E-state index in [1.54, 1.807) is 18.4 Å². The minimum Gasteiger partial charge on any atom is -0.464 e. The summed E-state index contributed by atoms with van der Waals surface area (Å²) in [6.45, 7) is 2.06. The van der Waals surface area contributed by atoms with Gasteiger partial charge in [-0.2, -0.15) is 5.10 Å². The fourth-order valence-corrected chi connectivity index (χ4v) is 2.88. The summed E-state index contributed by atoms with van der Waals surface area (Å²) < 4.78 is 5.60. The molecule has 0 fully saturated rings. The Labute approximate surface area is 133 Å². The lowest BCUT2D eigenvalue weighted by Gasteiger charge is -2.09. The van der Waals surface area contributed by atoms with Gasteiger partial charge in [-0.1, -0.05) is 42.0 Å². The minimum absolute atomic E-state index is 0.00436. The summed E-state index contributed by atoms with van der Waals surface area (Å²) in [4.78, 5) is 12.7. The van der Waals surface area contributed by atoms with E-state index < -0.39 is 0 Å². The van der Waals surface area contributed by atoms with E-state index in [9.17, 15) is 4.79 Å². The van der Waals surface area contributed by atoms with E-state index in [2.05, 4.69) is 41.7 Å². The van der Waals surface area contributed by atoms with Crippen molar-refractivity contribution in [2.75, 3.05) is 0 Å². The molecule has 1 N–H and O–H groups in total. The molecule has 0 spiro atoms. The number of hydrogen-bond acceptors (Lipinski definition) is 4. The summed E-state index contributed by atoms with van der Waals surface area (Å²) in [5.74, 6) is 0. The van der Waals surface area contributed by atoms with Gasteiger partial charge in [-0.15, -0.1) is 0 Å². The number of nitrogens with one attached hydrogen (secondary N) is 1. The smallest absolute Gasteiger partial charge is 0.198 e. The molecule has 2 aromatic carbocycles. The quantitative estimate of drug-likeness (QED) is 0.788. The first-order valence-electron chi connectivity index (χ1n) is 7.62. The highest BCUT2D eigenvalue weighted by Crippen LogP contribution is 2.24. The van der Waals surface area contributed by atoms with Gasteiger partial charge in [0, 0.05) is 6.42 Å². The normalized spacial score (nSPS) is 17.1. The van der Waals surface area contributed by atoms with Gasteiger partial charge in [0.2, 0.25) is 0 Å². The number of benzene rings is 2. The van der Waals surface area contributed by atoms with Gasteiger partial charge in [0.1, 0.15) is 11.8 Å². The molecule has 0 amide bonds. The second-order valence-electron chi connectivity index (χ2n) is 5.83. The molecule has 1 unspecified atom stereocenters. The largest absolute Gasteiger partial charge is 0.464 e. The van der Waals surface area contributed by atoms with E-state index in [0.29, 0.717) is 23.0 Å². The first-order valence-corrected chi connectivity index (χ1v) is 7.62. The number of rotatable bonds is 2. The zero-order valence-electron chi connectivity index (χ0n) is 12.7. The molecule has 23 heavy (non-hydrogen) atoms. The molecule has 4 nitrogen and oxygen atoms in total. The molecule has 0 saturated carbocycles. The van der Waals surface area contributed by atoms with Gasteiger partial charge in [0.25, 0.3) is 0 Å². The van der Waals surface area contributed by atoms with Crippen molar-refractivity contribution in [3.8, 4) is 0 Å². The molecule has 2 heterocycles. The molecule has 1 aliphatic heterocycles. The maximum absolute atomic E-state index is 12.7. The third-order valence-corrected chi connectivity index (χ3v) is 4.22. The second kappa shape index (κ2) is 5.39. The van der Waals surface area contributed by atoms with Crippen LogP contribution >= 0.6 is 0 Å². The van der Waals surface area contributed by atoms with E-state index in [4.69, 9.17) is 4.42 Å². The number of nitrogens with zero attached hydrogens (tertiary/aromatic N) is 1. The lowest BCUT2D eigenvalue weighted by atomic mass is 9.99. The second-order valence-corrected chi connectivity index (χ2v) is 5.83. The van der Waals surface area contributed by atoms with Gasteiger partial charge in [-0.05, 0) is 24.6 Å². The van der Waals surface area contributed by atoms with Crippen LogP contribution in [0.15, 0.2) is 69.1 Å². The molecule has 0 bridgehead atoms. The number of aryl methyl sites for hydroxylation is 1. The average molecular weight is 304 g/mol. The van der Waals surface area contributed by atoms with E-state index in [1.165, 1.54) is 5.56 Å². The van der Waals surface area contributed by atoms with Crippen LogP contribution in [0.3, 0.4) is 0 Å². The zero-order valence-corrected chi connectivity index (χ0v) is 12.7. The predicted octanol–water partition coefficient (Wildman–Crippen LogP) is 3.54. The molecule has 0 saturated heterocycles. The van der Waals surface area contributed by atoms with E-state index in [0.717, 1.165) is 11.3 Å². The van der Waals surface area contributed by atoms with Crippen molar-refractivity contribution in [3.05, 3.63) is 81.7 Å². The van der Waals surface area contributed by atoms with Crippen LogP contribution < -0.4 is 10.9 Å². The summed E-state index contributed by atoms with van der Waals surface area (Å²) in [6, 6.07) is 15.4. The Morgan fingerprint density at radius 1 is 1.13 bits per heavy atom. The zero-order chi connectivity index (χ0) is 15.8. The summed E-state index contributed by atoms with van der Waals surface area (Å²) in [6.07, 6.45) is 2.22. The first kappa shape index (κ1) is 13.8. The van der Waals surface area contributed by atoms with Crippen LogP contribution in [-0.4, -0.2) is 5.71 Å². The van der Waals surface area contributed by atoms with Gasteiger partial charge < -0.3 is 9.84 Å². The molecule has 0 aliphatic carbocycles. The lowest BCUT2D eigenvalue weighted by Crippen LogP contribution is -2.19. The Morgan fingerprint density at radius 3 is 2.74 bits per heavy atom. The Balaban J connectivity index is 1.65. The number of hydrogen-bond donors (Lipinski definition) is 1. The Bertz CT molecular complexity index is 955. The van der Waals surface area contributed by atoms with E-state index >= 15 is 0 Å². The fourth-order valence-electron chi connectivity index (χ4n) is 2.88. The highest BCUT2D eigenvalue weighted by Gasteiger charge is 2.24. The maximum atomic E-state index is 12.7. The van der Waals surface area contributed by atoms with Crippen LogP contribution in [0.5, 0.6) is 0 Å².